The van der Waals surface area contributed by atoms with Crippen LogP contribution >= 0.6 is 0 Å². The summed E-state index contributed by atoms with van der Waals surface area (Å²) in [7, 11) is 1.89. The van der Waals surface area contributed by atoms with Gasteiger partial charge in [0.15, 0.2) is 0 Å². The minimum Gasteiger partial charge on any atom is -0.491 e. The van der Waals surface area contributed by atoms with Crippen LogP contribution in [-0.4, -0.2) is 26.1 Å². The zero-order chi connectivity index (χ0) is 12.1. The standard InChI is InChI=1S/C13H18N2O2/c1-14-8-4-7-13(16)15-11-9-17-12-6-3-2-5-10(11)12/h2-3,5-6,11,14H,4,7-9H2,1H3,(H,15,16). The quantitative estimate of drug-likeness (QED) is 0.754. The second-order valence-electron chi connectivity index (χ2n) is 4.18. The van der Waals surface area contributed by atoms with Crippen molar-refractivity contribution < 1.29 is 9.53 Å². The molecule has 0 saturated heterocycles. The molecule has 1 aliphatic heterocycles. The number of para-hydroxylation sites is 1. The van der Waals surface area contributed by atoms with Crippen LogP contribution in [0.2, 0.25) is 0 Å². The highest BCUT2D eigenvalue weighted by atomic mass is 16.5. The van der Waals surface area contributed by atoms with Crippen molar-refractivity contribution in [3.05, 3.63) is 29.8 Å². The van der Waals surface area contributed by atoms with Gasteiger partial charge in [-0.05, 0) is 26.1 Å². The van der Waals surface area contributed by atoms with Crippen molar-refractivity contribution in [1.82, 2.24) is 10.6 Å². The van der Waals surface area contributed by atoms with Gasteiger partial charge in [-0.2, -0.15) is 0 Å². The maximum absolute atomic E-state index is 11.7. The average Bonchev–Trinajstić information content (AvgIpc) is 2.73. The van der Waals surface area contributed by atoms with Gasteiger partial charge in [-0.15, -0.1) is 0 Å². The van der Waals surface area contributed by atoms with Gasteiger partial charge in [0.25, 0.3) is 0 Å². The third-order valence-electron chi connectivity index (χ3n) is 2.87. The summed E-state index contributed by atoms with van der Waals surface area (Å²) in [5, 5.41) is 6.03. The monoisotopic (exact) mass is 234 g/mol. The van der Waals surface area contributed by atoms with Crippen LogP contribution in [0.1, 0.15) is 24.4 Å². The van der Waals surface area contributed by atoms with Crippen LogP contribution in [0.4, 0.5) is 0 Å². The zero-order valence-electron chi connectivity index (χ0n) is 10.0. The van der Waals surface area contributed by atoms with Crippen LogP contribution in [0.5, 0.6) is 5.75 Å². The summed E-state index contributed by atoms with van der Waals surface area (Å²) in [6, 6.07) is 7.85. The van der Waals surface area contributed by atoms with Gasteiger partial charge in [-0.1, -0.05) is 18.2 Å². The lowest BCUT2D eigenvalue weighted by Crippen LogP contribution is -2.29. The fraction of sp³-hybridized carbons (Fsp3) is 0.462. The first-order chi connectivity index (χ1) is 8.31. The molecule has 0 aliphatic carbocycles. The number of hydrogen-bond acceptors (Lipinski definition) is 3. The molecular formula is C13H18N2O2. The molecule has 0 fully saturated rings. The van der Waals surface area contributed by atoms with E-state index in [-0.39, 0.29) is 11.9 Å². The number of rotatable bonds is 5. The second-order valence-corrected chi connectivity index (χ2v) is 4.18. The van der Waals surface area contributed by atoms with Gasteiger partial charge in [-0.25, -0.2) is 0 Å². The molecule has 0 saturated carbocycles. The van der Waals surface area contributed by atoms with E-state index in [2.05, 4.69) is 10.6 Å². The van der Waals surface area contributed by atoms with E-state index in [1.807, 2.05) is 31.3 Å². The van der Waals surface area contributed by atoms with E-state index in [1.54, 1.807) is 0 Å². The predicted molar refractivity (Wildman–Crippen MR) is 66.0 cm³/mol. The number of amides is 1. The summed E-state index contributed by atoms with van der Waals surface area (Å²) < 4.78 is 5.51. The Hall–Kier alpha value is -1.55. The van der Waals surface area contributed by atoms with Crippen molar-refractivity contribution in [1.29, 1.82) is 0 Å². The lowest BCUT2D eigenvalue weighted by atomic mass is 10.1. The van der Waals surface area contributed by atoms with Gasteiger partial charge in [0, 0.05) is 12.0 Å². The molecule has 17 heavy (non-hydrogen) atoms. The van der Waals surface area contributed by atoms with Crippen molar-refractivity contribution in [2.75, 3.05) is 20.2 Å². The van der Waals surface area contributed by atoms with Gasteiger partial charge in [0.2, 0.25) is 5.91 Å². The Bertz CT molecular complexity index is 393. The Kier molecular flexibility index (Phi) is 3.98. The number of fused-ring (bicyclic) bond motifs is 1. The van der Waals surface area contributed by atoms with Gasteiger partial charge < -0.3 is 15.4 Å². The molecule has 1 aromatic carbocycles. The lowest BCUT2D eigenvalue weighted by molar-refractivity contribution is -0.122. The number of hydrogen-bond donors (Lipinski definition) is 2. The van der Waals surface area contributed by atoms with E-state index in [9.17, 15) is 4.79 Å². The smallest absolute Gasteiger partial charge is 0.220 e. The molecule has 92 valence electrons. The Morgan fingerprint density at radius 2 is 2.29 bits per heavy atom. The molecule has 4 nitrogen and oxygen atoms in total. The van der Waals surface area contributed by atoms with Crippen LogP contribution in [0.15, 0.2) is 24.3 Å². The highest BCUT2D eigenvalue weighted by Gasteiger charge is 2.24. The Balaban J connectivity index is 1.87. The van der Waals surface area contributed by atoms with E-state index in [0.29, 0.717) is 13.0 Å². The molecule has 2 N–H and O–H groups in total. The number of benzene rings is 1. The van der Waals surface area contributed by atoms with E-state index in [0.717, 1.165) is 24.3 Å². The van der Waals surface area contributed by atoms with Crippen LogP contribution < -0.4 is 15.4 Å². The SMILES string of the molecule is CNCCCC(=O)NC1COc2ccccc21. The van der Waals surface area contributed by atoms with Crippen molar-refractivity contribution in [2.24, 2.45) is 0 Å². The number of carbonyl (C=O) groups excluding carboxylic acids is 1. The van der Waals surface area contributed by atoms with E-state index < -0.39 is 0 Å². The molecule has 0 aromatic heterocycles. The molecule has 1 heterocycles. The van der Waals surface area contributed by atoms with E-state index in [4.69, 9.17) is 4.74 Å². The number of ether oxygens (including phenoxy) is 1. The van der Waals surface area contributed by atoms with Crippen LogP contribution in [0.3, 0.4) is 0 Å². The Morgan fingerprint density at radius 3 is 3.12 bits per heavy atom. The minimum atomic E-state index is 0.00767. The first kappa shape index (κ1) is 11.9. The molecule has 0 bridgehead atoms. The highest BCUT2D eigenvalue weighted by molar-refractivity contribution is 5.76. The summed E-state index contributed by atoms with van der Waals surface area (Å²) in [6.45, 7) is 1.41. The third-order valence-corrected chi connectivity index (χ3v) is 2.87. The molecule has 0 radical (unpaired) electrons. The summed E-state index contributed by atoms with van der Waals surface area (Å²) in [5.41, 5.74) is 1.08. The van der Waals surface area contributed by atoms with Gasteiger partial charge in [-0.3, -0.25) is 4.79 Å². The van der Waals surface area contributed by atoms with E-state index in [1.165, 1.54) is 0 Å². The molecule has 2 rings (SSSR count). The topological polar surface area (TPSA) is 50.4 Å². The van der Waals surface area contributed by atoms with Crippen molar-refractivity contribution in [3.63, 3.8) is 0 Å². The lowest BCUT2D eigenvalue weighted by Gasteiger charge is -2.11. The Labute approximate surface area is 101 Å². The number of nitrogens with one attached hydrogen (secondary N) is 2. The fourth-order valence-electron chi connectivity index (χ4n) is 1.97. The normalized spacial score (nSPS) is 17.4. The van der Waals surface area contributed by atoms with Gasteiger partial charge >= 0.3 is 0 Å². The van der Waals surface area contributed by atoms with Crippen molar-refractivity contribution >= 4 is 5.91 Å². The molecule has 0 spiro atoms. The maximum Gasteiger partial charge on any atom is 0.220 e. The molecule has 1 atom stereocenters. The summed E-state index contributed by atoms with van der Waals surface area (Å²) >= 11 is 0. The summed E-state index contributed by atoms with van der Waals surface area (Å²) in [6.07, 6.45) is 1.41. The molecule has 1 aliphatic rings. The third kappa shape index (κ3) is 2.97. The minimum absolute atomic E-state index is 0.00767. The van der Waals surface area contributed by atoms with Gasteiger partial charge in [0.1, 0.15) is 12.4 Å². The zero-order valence-corrected chi connectivity index (χ0v) is 10.0. The fourth-order valence-corrected chi connectivity index (χ4v) is 1.97. The molecular weight excluding hydrogens is 216 g/mol. The second kappa shape index (κ2) is 5.68. The van der Waals surface area contributed by atoms with Crippen molar-refractivity contribution in [2.45, 2.75) is 18.9 Å². The largest absolute Gasteiger partial charge is 0.491 e. The Morgan fingerprint density at radius 1 is 1.47 bits per heavy atom. The van der Waals surface area contributed by atoms with Crippen LogP contribution in [0, 0.1) is 0 Å². The summed E-state index contributed by atoms with van der Waals surface area (Å²) in [4.78, 5) is 11.7. The molecule has 1 unspecified atom stereocenters. The molecule has 4 heteroatoms. The van der Waals surface area contributed by atoms with Gasteiger partial charge in [0.05, 0.1) is 6.04 Å². The molecule has 1 amide bonds. The van der Waals surface area contributed by atoms with E-state index >= 15 is 0 Å². The average molecular weight is 234 g/mol. The first-order valence-electron chi connectivity index (χ1n) is 5.97. The summed E-state index contributed by atoms with van der Waals surface area (Å²) in [5.74, 6) is 0.971. The predicted octanol–water partition coefficient (Wildman–Crippen LogP) is 1.24. The first-order valence-corrected chi connectivity index (χ1v) is 5.97. The van der Waals surface area contributed by atoms with Crippen molar-refractivity contribution in [3.8, 4) is 5.75 Å². The highest BCUT2D eigenvalue weighted by Crippen LogP contribution is 2.31. The maximum atomic E-state index is 11.7. The van der Waals surface area contributed by atoms with Crippen LogP contribution in [0.25, 0.3) is 0 Å². The molecule has 1 aromatic rings. The van der Waals surface area contributed by atoms with Crippen LogP contribution in [-0.2, 0) is 4.79 Å². The number of carbonyl (C=O) groups is 1.